The van der Waals surface area contributed by atoms with E-state index in [0.29, 0.717) is 5.92 Å². The van der Waals surface area contributed by atoms with Crippen LogP contribution in [0.2, 0.25) is 0 Å². The minimum Gasteiger partial charge on any atom is -0.508 e. The average molecular weight is 245 g/mol. The van der Waals surface area contributed by atoms with Crippen LogP contribution in [0.1, 0.15) is 25.7 Å². The molecule has 3 heteroatoms. The van der Waals surface area contributed by atoms with Crippen molar-refractivity contribution in [3.05, 3.63) is 24.3 Å². The Kier molecular flexibility index (Phi) is 2.77. The quantitative estimate of drug-likeness (QED) is 0.870. The second kappa shape index (κ2) is 4.30. The lowest BCUT2D eigenvalue weighted by Gasteiger charge is -2.26. The molecule has 0 radical (unpaired) electrons. The van der Waals surface area contributed by atoms with Crippen LogP contribution in [0.5, 0.6) is 5.75 Å². The second-order valence-corrected chi connectivity index (χ2v) is 5.70. The molecular formula is C15H19NO2. The lowest BCUT2D eigenvalue weighted by atomic mass is 9.88. The Morgan fingerprint density at radius 2 is 1.94 bits per heavy atom. The summed E-state index contributed by atoms with van der Waals surface area (Å²) in [5, 5.41) is 9.27. The van der Waals surface area contributed by atoms with E-state index in [0.717, 1.165) is 18.0 Å². The van der Waals surface area contributed by atoms with Gasteiger partial charge in [0.05, 0.1) is 0 Å². The zero-order chi connectivity index (χ0) is 12.7. The maximum Gasteiger partial charge on any atom is 0.230 e. The number of benzene rings is 1. The van der Waals surface area contributed by atoms with Crippen molar-refractivity contribution in [2.45, 2.75) is 25.7 Å². The van der Waals surface area contributed by atoms with Crippen molar-refractivity contribution in [3.63, 3.8) is 0 Å². The van der Waals surface area contributed by atoms with Crippen LogP contribution >= 0.6 is 0 Å². The average Bonchev–Trinajstić information content (AvgIpc) is 3.00. The summed E-state index contributed by atoms with van der Waals surface area (Å²) in [6.45, 7) is 0. The maximum atomic E-state index is 12.5. The number of anilines is 1. The number of fused-ring (bicyclic) bond motifs is 2. The molecule has 3 unspecified atom stereocenters. The molecule has 0 heterocycles. The molecule has 2 saturated carbocycles. The number of hydrogen-bond acceptors (Lipinski definition) is 2. The molecule has 0 aliphatic heterocycles. The van der Waals surface area contributed by atoms with E-state index in [-0.39, 0.29) is 17.6 Å². The zero-order valence-electron chi connectivity index (χ0n) is 10.7. The lowest BCUT2D eigenvalue weighted by Crippen LogP contribution is -2.35. The van der Waals surface area contributed by atoms with Gasteiger partial charge in [-0.15, -0.1) is 0 Å². The summed E-state index contributed by atoms with van der Waals surface area (Å²) >= 11 is 0. The lowest BCUT2D eigenvalue weighted by molar-refractivity contribution is -0.123. The third-order valence-electron chi connectivity index (χ3n) is 4.62. The highest BCUT2D eigenvalue weighted by atomic mass is 16.3. The molecule has 2 aliphatic carbocycles. The van der Waals surface area contributed by atoms with E-state index in [9.17, 15) is 9.90 Å². The fraction of sp³-hybridized carbons (Fsp3) is 0.533. The Bertz CT molecular complexity index is 454. The van der Waals surface area contributed by atoms with Gasteiger partial charge in [0, 0.05) is 18.7 Å². The van der Waals surface area contributed by atoms with Crippen LogP contribution < -0.4 is 4.90 Å². The molecule has 1 aromatic carbocycles. The molecule has 1 N–H and O–H groups in total. The first-order valence-electron chi connectivity index (χ1n) is 6.72. The molecule has 3 nitrogen and oxygen atoms in total. The summed E-state index contributed by atoms with van der Waals surface area (Å²) in [5.74, 6) is 2.11. The summed E-state index contributed by atoms with van der Waals surface area (Å²) in [5.41, 5.74) is 0.862. The smallest absolute Gasteiger partial charge is 0.230 e. The molecular weight excluding hydrogens is 226 g/mol. The molecule has 96 valence electrons. The van der Waals surface area contributed by atoms with Gasteiger partial charge in [-0.25, -0.2) is 0 Å². The monoisotopic (exact) mass is 245 g/mol. The van der Waals surface area contributed by atoms with E-state index in [1.165, 1.54) is 19.3 Å². The van der Waals surface area contributed by atoms with Crippen molar-refractivity contribution in [2.75, 3.05) is 11.9 Å². The molecule has 2 fully saturated rings. The molecule has 0 saturated heterocycles. The first-order chi connectivity index (χ1) is 8.65. The van der Waals surface area contributed by atoms with E-state index >= 15 is 0 Å². The first kappa shape index (κ1) is 11.6. The van der Waals surface area contributed by atoms with Crippen LogP contribution in [0.15, 0.2) is 24.3 Å². The van der Waals surface area contributed by atoms with Gasteiger partial charge in [0.1, 0.15) is 5.75 Å². The number of rotatable bonds is 2. The largest absolute Gasteiger partial charge is 0.508 e. The highest BCUT2D eigenvalue weighted by molar-refractivity contribution is 5.95. The molecule has 3 atom stereocenters. The molecule has 2 aliphatic rings. The topological polar surface area (TPSA) is 40.5 Å². The molecule has 1 amide bonds. The van der Waals surface area contributed by atoms with Crippen LogP contribution in [0.4, 0.5) is 5.69 Å². The van der Waals surface area contributed by atoms with Gasteiger partial charge in [-0.05, 0) is 55.4 Å². The number of nitrogens with zero attached hydrogens (tertiary/aromatic N) is 1. The van der Waals surface area contributed by atoms with E-state index in [1.807, 2.05) is 7.05 Å². The fourth-order valence-electron chi connectivity index (χ4n) is 3.60. The van der Waals surface area contributed by atoms with Crippen LogP contribution in [0.25, 0.3) is 0 Å². The highest BCUT2D eigenvalue weighted by Gasteiger charge is 2.44. The minimum atomic E-state index is 0.225. The zero-order valence-corrected chi connectivity index (χ0v) is 10.7. The third-order valence-corrected chi connectivity index (χ3v) is 4.62. The maximum absolute atomic E-state index is 12.5. The Morgan fingerprint density at radius 3 is 2.50 bits per heavy atom. The van der Waals surface area contributed by atoms with Gasteiger partial charge in [-0.3, -0.25) is 4.79 Å². The number of carbonyl (C=O) groups excluding carboxylic acids is 1. The van der Waals surface area contributed by atoms with E-state index in [4.69, 9.17) is 0 Å². The number of aromatic hydroxyl groups is 1. The van der Waals surface area contributed by atoms with Crippen LogP contribution in [0, 0.1) is 17.8 Å². The number of carbonyl (C=O) groups is 1. The van der Waals surface area contributed by atoms with E-state index in [2.05, 4.69) is 0 Å². The Balaban J connectivity index is 1.74. The van der Waals surface area contributed by atoms with Gasteiger partial charge < -0.3 is 10.0 Å². The van der Waals surface area contributed by atoms with Crippen LogP contribution in [-0.2, 0) is 4.79 Å². The van der Waals surface area contributed by atoms with Crippen molar-refractivity contribution in [1.82, 2.24) is 0 Å². The van der Waals surface area contributed by atoms with Crippen molar-refractivity contribution in [1.29, 1.82) is 0 Å². The summed E-state index contributed by atoms with van der Waals surface area (Å²) < 4.78 is 0. The Morgan fingerprint density at radius 1 is 1.22 bits per heavy atom. The molecule has 2 bridgehead atoms. The van der Waals surface area contributed by atoms with Crippen LogP contribution in [-0.4, -0.2) is 18.1 Å². The van der Waals surface area contributed by atoms with E-state index < -0.39 is 0 Å². The SMILES string of the molecule is CN(C(=O)C1CC2CCC1C2)c1ccc(O)cc1. The molecule has 3 rings (SSSR count). The third kappa shape index (κ3) is 1.88. The standard InChI is InChI=1S/C15H19NO2/c1-16(12-4-6-13(17)7-5-12)15(18)14-9-10-2-3-11(14)8-10/h4-7,10-11,14,17H,2-3,8-9H2,1H3. The Labute approximate surface area is 107 Å². The van der Waals surface area contributed by atoms with Gasteiger partial charge in [0.2, 0.25) is 5.91 Å². The summed E-state index contributed by atoms with van der Waals surface area (Å²) in [6.07, 6.45) is 4.87. The van der Waals surface area contributed by atoms with Gasteiger partial charge in [-0.2, -0.15) is 0 Å². The highest BCUT2D eigenvalue weighted by Crippen LogP contribution is 2.49. The van der Waals surface area contributed by atoms with Gasteiger partial charge in [-0.1, -0.05) is 6.42 Å². The molecule has 18 heavy (non-hydrogen) atoms. The second-order valence-electron chi connectivity index (χ2n) is 5.70. The summed E-state index contributed by atoms with van der Waals surface area (Å²) in [7, 11) is 1.83. The fourth-order valence-corrected chi connectivity index (χ4v) is 3.60. The van der Waals surface area contributed by atoms with Crippen molar-refractivity contribution >= 4 is 11.6 Å². The normalized spacial score (nSPS) is 29.5. The Hall–Kier alpha value is -1.51. The van der Waals surface area contributed by atoms with Crippen molar-refractivity contribution in [3.8, 4) is 5.75 Å². The number of amides is 1. The molecule has 1 aromatic rings. The molecule has 0 aromatic heterocycles. The van der Waals surface area contributed by atoms with Gasteiger partial charge >= 0.3 is 0 Å². The van der Waals surface area contributed by atoms with Gasteiger partial charge in [0.25, 0.3) is 0 Å². The number of phenols is 1. The van der Waals surface area contributed by atoms with E-state index in [1.54, 1.807) is 29.2 Å². The van der Waals surface area contributed by atoms with Crippen molar-refractivity contribution in [2.24, 2.45) is 17.8 Å². The molecule has 0 spiro atoms. The summed E-state index contributed by atoms with van der Waals surface area (Å²) in [4.78, 5) is 14.2. The number of phenolic OH excluding ortho intramolecular Hbond substituents is 1. The predicted octanol–water partition coefficient (Wildman–Crippen LogP) is 2.79. The van der Waals surface area contributed by atoms with Gasteiger partial charge in [0.15, 0.2) is 0 Å². The summed E-state index contributed by atoms with van der Waals surface area (Å²) in [6, 6.07) is 6.83. The predicted molar refractivity (Wildman–Crippen MR) is 70.5 cm³/mol. The minimum absolute atomic E-state index is 0.225. The first-order valence-corrected chi connectivity index (χ1v) is 6.72. The van der Waals surface area contributed by atoms with Crippen LogP contribution in [0.3, 0.4) is 0 Å². The number of hydrogen-bond donors (Lipinski definition) is 1. The van der Waals surface area contributed by atoms with Crippen molar-refractivity contribution < 1.29 is 9.90 Å².